The number of H-pyrrole nitrogens is 2. The molecule has 4 aromatic heterocycles. The van der Waals surface area contributed by atoms with E-state index >= 15 is 0 Å². The Kier molecular flexibility index (Phi) is 5.80. The molecule has 0 atom stereocenters. The smallest absolute Gasteiger partial charge is 0.129 e. The monoisotopic (exact) mass is 506 g/mol. The molecule has 38 heavy (non-hydrogen) atoms. The van der Waals surface area contributed by atoms with E-state index in [0.29, 0.717) is 11.4 Å². The van der Waals surface area contributed by atoms with Crippen LogP contribution in [0.4, 0.5) is 0 Å². The first-order valence-electron chi connectivity index (χ1n) is 12.5. The molecule has 10 nitrogen and oxygen atoms in total. The van der Waals surface area contributed by atoms with E-state index in [4.69, 9.17) is 16.5 Å². The molecule has 0 spiro atoms. The van der Waals surface area contributed by atoms with Crippen LogP contribution in [0.3, 0.4) is 0 Å². The van der Waals surface area contributed by atoms with Gasteiger partial charge in [-0.1, -0.05) is 11.6 Å². The second kappa shape index (κ2) is 9.31. The van der Waals surface area contributed by atoms with Crippen LogP contribution in [-0.2, 0) is 0 Å². The number of nitrogens with zero attached hydrogens (tertiary/aromatic N) is 6. The van der Waals surface area contributed by atoms with Gasteiger partial charge in [0.15, 0.2) is 0 Å². The Morgan fingerprint density at radius 3 is 2.68 bits per heavy atom. The third-order valence-electron chi connectivity index (χ3n) is 6.64. The van der Waals surface area contributed by atoms with Crippen molar-refractivity contribution in [2.75, 3.05) is 13.1 Å². The maximum Gasteiger partial charge on any atom is 0.129 e. The number of hydrogen-bond acceptors (Lipinski definition) is 6. The van der Waals surface area contributed by atoms with E-state index in [-0.39, 0.29) is 6.04 Å². The highest BCUT2D eigenvalue weighted by atomic mass is 15.3. The zero-order valence-corrected chi connectivity index (χ0v) is 21.6. The first-order valence-corrected chi connectivity index (χ1v) is 12.5. The molecule has 1 fully saturated rings. The van der Waals surface area contributed by atoms with Crippen LogP contribution in [0.1, 0.15) is 25.2 Å². The van der Waals surface area contributed by atoms with E-state index in [1.165, 1.54) is 6.20 Å². The molecule has 6 N–H and O–H groups in total. The minimum Gasteiger partial charge on any atom is -0.403 e. The van der Waals surface area contributed by atoms with Gasteiger partial charge in [0.1, 0.15) is 17.2 Å². The number of hydrogen-bond donors (Lipinski definition) is 4. The molecule has 1 saturated heterocycles. The summed E-state index contributed by atoms with van der Waals surface area (Å²) >= 11 is 0. The van der Waals surface area contributed by atoms with E-state index in [1.807, 2.05) is 56.1 Å². The zero-order chi connectivity index (χ0) is 26.4. The second-order valence-corrected chi connectivity index (χ2v) is 9.94. The van der Waals surface area contributed by atoms with Gasteiger partial charge in [-0.3, -0.25) is 10.1 Å². The molecule has 5 heterocycles. The molecule has 1 aliphatic rings. The molecule has 1 aliphatic heterocycles. The molecule has 1 aromatic carbocycles. The van der Waals surface area contributed by atoms with Crippen molar-refractivity contribution in [3.63, 3.8) is 0 Å². The van der Waals surface area contributed by atoms with E-state index in [2.05, 4.69) is 48.2 Å². The van der Waals surface area contributed by atoms with Crippen LogP contribution in [0.2, 0.25) is 0 Å². The summed E-state index contributed by atoms with van der Waals surface area (Å²) in [6.45, 7) is 7.60. The van der Waals surface area contributed by atoms with Crippen molar-refractivity contribution in [2.45, 2.75) is 26.8 Å². The summed E-state index contributed by atoms with van der Waals surface area (Å²) in [5, 5.41) is 9.73. The minimum absolute atomic E-state index is 0.161. The van der Waals surface area contributed by atoms with Crippen LogP contribution in [0.5, 0.6) is 0 Å². The van der Waals surface area contributed by atoms with Crippen molar-refractivity contribution < 1.29 is 0 Å². The number of aromatic amines is 2. The molecule has 192 valence electrons. The number of aromatic nitrogens is 6. The topological polar surface area (TPSA) is 143 Å². The molecule has 10 heteroatoms. The first-order chi connectivity index (χ1) is 18.4. The van der Waals surface area contributed by atoms with Crippen LogP contribution in [0, 0.1) is 6.92 Å². The number of pyridine rings is 1. The van der Waals surface area contributed by atoms with Gasteiger partial charge >= 0.3 is 0 Å². The molecule has 0 radical (unpaired) electrons. The van der Waals surface area contributed by atoms with E-state index in [9.17, 15) is 0 Å². The number of nitrogens with one attached hydrogen (secondary N) is 2. The number of fused-ring (bicyclic) bond motifs is 2. The van der Waals surface area contributed by atoms with Crippen molar-refractivity contribution in [2.24, 2.45) is 16.5 Å². The summed E-state index contributed by atoms with van der Waals surface area (Å²) in [6, 6.07) is 10.4. The van der Waals surface area contributed by atoms with E-state index in [0.717, 1.165) is 69.1 Å². The molecular formula is C28H30N10. The van der Waals surface area contributed by atoms with Gasteiger partial charge < -0.3 is 25.9 Å². The summed E-state index contributed by atoms with van der Waals surface area (Å²) < 4.78 is 2.03. The Balaban J connectivity index is 1.41. The highest BCUT2D eigenvalue weighted by molar-refractivity contribution is 6.00. The average Bonchev–Trinajstić information content (AvgIpc) is 3.61. The highest BCUT2D eigenvalue weighted by Crippen LogP contribution is 2.32. The number of imidazole rings is 1. The number of amidine groups is 1. The van der Waals surface area contributed by atoms with E-state index < -0.39 is 0 Å². The van der Waals surface area contributed by atoms with Gasteiger partial charge in [0, 0.05) is 47.8 Å². The molecule has 0 saturated carbocycles. The van der Waals surface area contributed by atoms with Crippen molar-refractivity contribution in [3.8, 4) is 17.1 Å². The molecular weight excluding hydrogens is 476 g/mol. The number of likely N-dealkylation sites (tertiary alicyclic amines) is 1. The molecule has 0 bridgehead atoms. The lowest BCUT2D eigenvalue weighted by Crippen LogP contribution is -2.57. The van der Waals surface area contributed by atoms with Crippen LogP contribution in [-0.4, -0.2) is 59.6 Å². The lowest BCUT2D eigenvalue weighted by molar-refractivity contribution is 0.256. The van der Waals surface area contributed by atoms with Crippen LogP contribution in [0.15, 0.2) is 71.9 Å². The highest BCUT2D eigenvalue weighted by Gasteiger charge is 2.25. The molecule has 0 amide bonds. The lowest BCUT2D eigenvalue weighted by atomic mass is 10.1. The van der Waals surface area contributed by atoms with Gasteiger partial charge in [-0.2, -0.15) is 5.10 Å². The number of rotatable bonds is 5. The Labute approximate surface area is 219 Å². The van der Waals surface area contributed by atoms with Gasteiger partial charge in [-0.15, -0.1) is 0 Å². The fraction of sp³-hybridized carbons (Fsp3) is 0.214. The fourth-order valence-electron chi connectivity index (χ4n) is 4.76. The number of allylic oxidation sites excluding steroid dienone is 1. The largest absolute Gasteiger partial charge is 0.403 e. The maximum atomic E-state index is 6.05. The predicted molar refractivity (Wildman–Crippen MR) is 152 cm³/mol. The zero-order valence-electron chi connectivity index (χ0n) is 21.6. The van der Waals surface area contributed by atoms with Crippen LogP contribution < -0.4 is 11.5 Å². The minimum atomic E-state index is 0.161. The van der Waals surface area contributed by atoms with Crippen LogP contribution >= 0.6 is 0 Å². The third kappa shape index (κ3) is 4.24. The first kappa shape index (κ1) is 23.7. The Morgan fingerprint density at radius 1 is 1.13 bits per heavy atom. The quantitative estimate of drug-likeness (QED) is 0.211. The van der Waals surface area contributed by atoms with Gasteiger partial charge in [0.25, 0.3) is 0 Å². The second-order valence-electron chi connectivity index (χ2n) is 9.94. The van der Waals surface area contributed by atoms with Crippen LogP contribution in [0.25, 0.3) is 44.6 Å². The van der Waals surface area contributed by atoms with Crippen molar-refractivity contribution >= 4 is 33.3 Å². The summed E-state index contributed by atoms with van der Waals surface area (Å²) in [5.41, 5.74) is 20.0. The Bertz CT molecular complexity index is 1740. The summed E-state index contributed by atoms with van der Waals surface area (Å²) in [7, 11) is 0. The summed E-state index contributed by atoms with van der Waals surface area (Å²) in [4.78, 5) is 19.6. The maximum absolute atomic E-state index is 6.05. The van der Waals surface area contributed by atoms with Crippen molar-refractivity contribution in [1.29, 1.82) is 0 Å². The number of aryl methyl sites for hydroxylation is 1. The summed E-state index contributed by atoms with van der Waals surface area (Å²) in [6.07, 6.45) is 9.15. The van der Waals surface area contributed by atoms with Gasteiger partial charge in [-0.05, 0) is 51.1 Å². The van der Waals surface area contributed by atoms with Gasteiger partial charge in [0.2, 0.25) is 0 Å². The SMILES string of the molecule is CC(C)=CC(=N/C(=C\N)c1cc2c(-c3cc4c(-n5cnc(C)c5)cccc4[nH]3)n[nH]c2cn1)N1CC(N)C1. The van der Waals surface area contributed by atoms with Gasteiger partial charge in [-0.25, -0.2) is 9.98 Å². The number of aliphatic imine (C=N–C) groups is 1. The average molecular weight is 507 g/mol. The fourth-order valence-corrected chi connectivity index (χ4v) is 4.76. The third-order valence-corrected chi connectivity index (χ3v) is 6.64. The standard InChI is InChI=1S/C28H30N10/c1-16(2)7-27(37-13-18(30)14-37)34-24(10-29)22-9-20-25(11-31-22)35-36-28(20)23-8-19-21(33-23)5-4-6-26(19)38-12-17(3)32-15-38/h4-12,15,18,33H,13-14,29-30H2,1-3H3,(H,35,36)/b24-10-,34-27?. The normalized spacial score (nSPS) is 14.9. The number of nitrogens with two attached hydrogens (primary N) is 2. The number of benzene rings is 1. The van der Waals surface area contributed by atoms with E-state index in [1.54, 1.807) is 6.20 Å². The van der Waals surface area contributed by atoms with Crippen molar-refractivity contribution in [3.05, 3.63) is 78.3 Å². The van der Waals surface area contributed by atoms with Gasteiger partial charge in [0.05, 0.1) is 40.8 Å². The Morgan fingerprint density at radius 2 is 1.97 bits per heavy atom. The van der Waals surface area contributed by atoms with Crippen molar-refractivity contribution in [1.82, 2.24) is 34.6 Å². The molecule has 0 unspecified atom stereocenters. The predicted octanol–water partition coefficient (Wildman–Crippen LogP) is 3.87. The lowest BCUT2D eigenvalue weighted by Gasteiger charge is -2.38. The molecule has 6 rings (SSSR count). The Hall–Kier alpha value is -4.70. The summed E-state index contributed by atoms with van der Waals surface area (Å²) in [5.74, 6) is 0.829. The molecule has 5 aromatic rings. The molecule has 0 aliphatic carbocycles.